The second kappa shape index (κ2) is 16.3. The van der Waals surface area contributed by atoms with E-state index in [1.165, 1.54) is 0 Å². The third-order valence-electron chi connectivity index (χ3n) is 5.81. The maximum atomic E-state index is 8.36. The molecule has 0 radical (unpaired) electrons. The van der Waals surface area contributed by atoms with Gasteiger partial charge in [-0.25, -0.2) is 15.0 Å². The Labute approximate surface area is 266 Å². The Morgan fingerprint density at radius 2 is 1.80 bits per heavy atom. The van der Waals surface area contributed by atoms with Crippen LogP contribution in [0.25, 0.3) is 11.3 Å². The van der Waals surface area contributed by atoms with Crippen molar-refractivity contribution in [3.05, 3.63) is 109 Å². The number of benzene rings is 2. The van der Waals surface area contributed by atoms with Crippen molar-refractivity contribution in [2.24, 2.45) is 0 Å². The van der Waals surface area contributed by atoms with Crippen molar-refractivity contribution in [1.82, 2.24) is 19.5 Å². The largest absolute Gasteiger partial charge is 0.491 e. The third-order valence-corrected chi connectivity index (χ3v) is 6.36. The molecule has 3 heterocycles. The van der Waals surface area contributed by atoms with Gasteiger partial charge in [0, 0.05) is 40.8 Å². The molecule has 0 bridgehead atoms. The zero-order chi connectivity index (χ0) is 33.0. The van der Waals surface area contributed by atoms with Gasteiger partial charge in [-0.1, -0.05) is 29.3 Å². The van der Waals surface area contributed by atoms with E-state index in [-0.39, 0.29) is 12.1 Å². The lowest BCUT2D eigenvalue weighted by Gasteiger charge is -2.30. The van der Waals surface area contributed by atoms with E-state index in [2.05, 4.69) is 20.3 Å². The maximum absolute atomic E-state index is 8.36. The first-order valence-electron chi connectivity index (χ1n) is 13.1. The molecule has 2 atom stereocenters. The van der Waals surface area contributed by atoms with Gasteiger partial charge in [-0.05, 0) is 56.3 Å². The molecule has 2 aromatic carbocycles. The average Bonchev–Trinajstić information content (AvgIpc) is 3.62. The fourth-order valence-corrected chi connectivity index (χ4v) is 4.69. The zero-order valence-electron chi connectivity index (χ0n) is 23.9. The molecule has 18 heteroatoms. The summed E-state index contributed by atoms with van der Waals surface area (Å²) < 4.78 is 20.6. The van der Waals surface area contributed by atoms with Gasteiger partial charge < -0.3 is 34.5 Å². The molecule has 2 unspecified atom stereocenters. The van der Waals surface area contributed by atoms with E-state index >= 15 is 0 Å². The Balaban J connectivity index is 0.000000619. The highest BCUT2D eigenvalue weighted by Crippen LogP contribution is 2.40. The molecule has 0 aliphatic carbocycles. The van der Waals surface area contributed by atoms with Crippen LogP contribution in [-0.4, -0.2) is 65.5 Å². The minimum Gasteiger partial charge on any atom is -0.491 e. The second-order valence-corrected chi connectivity index (χ2v) is 10.4. The summed E-state index contributed by atoms with van der Waals surface area (Å²) in [4.78, 5) is 29.7. The van der Waals surface area contributed by atoms with Crippen LogP contribution >= 0.6 is 23.2 Å². The van der Waals surface area contributed by atoms with Gasteiger partial charge in [0.15, 0.2) is 0 Å². The SMILES string of the molecule is CC(C)Nc1nccc(-c2ccc(OCC3COC(Cn4ccnc4)(c4ccc(Cl)cc4Cl)O3)cc2)n1.O=[N+]([O-])O.O=[N+]([O-])O. The summed E-state index contributed by atoms with van der Waals surface area (Å²) in [6, 6.07) is 15.2. The van der Waals surface area contributed by atoms with Gasteiger partial charge in [0.25, 0.3) is 10.2 Å². The first-order valence-corrected chi connectivity index (χ1v) is 13.8. The van der Waals surface area contributed by atoms with E-state index in [1.54, 1.807) is 30.9 Å². The van der Waals surface area contributed by atoms with E-state index in [9.17, 15) is 0 Å². The van der Waals surface area contributed by atoms with Gasteiger partial charge in [0.1, 0.15) is 18.5 Å². The van der Waals surface area contributed by atoms with Gasteiger partial charge in [-0.15, -0.1) is 20.2 Å². The molecular formula is C27H29Cl2N7O9. The summed E-state index contributed by atoms with van der Waals surface area (Å²) in [6.07, 6.45) is 6.71. The van der Waals surface area contributed by atoms with Crippen LogP contribution in [0.15, 0.2) is 73.4 Å². The van der Waals surface area contributed by atoms with Crippen LogP contribution in [0, 0.1) is 20.2 Å². The van der Waals surface area contributed by atoms with Gasteiger partial charge in [-0.3, -0.25) is 0 Å². The molecule has 3 N–H and O–H groups in total. The fraction of sp³-hybridized carbons (Fsp3) is 0.296. The van der Waals surface area contributed by atoms with Crippen LogP contribution < -0.4 is 10.1 Å². The summed E-state index contributed by atoms with van der Waals surface area (Å²) in [7, 11) is 0. The number of nitrogens with zero attached hydrogens (tertiary/aromatic N) is 6. The molecule has 2 aromatic heterocycles. The summed E-state index contributed by atoms with van der Waals surface area (Å²) in [5.74, 6) is 0.236. The topological polar surface area (TPSA) is 210 Å². The highest BCUT2D eigenvalue weighted by atomic mass is 35.5. The minimum atomic E-state index is -1.50. The number of nitrogens with one attached hydrogen (secondary N) is 1. The Kier molecular flexibility index (Phi) is 12.6. The van der Waals surface area contributed by atoms with Crippen LogP contribution in [-0.2, 0) is 21.8 Å². The van der Waals surface area contributed by atoms with E-state index in [1.807, 2.05) is 61.0 Å². The zero-order valence-corrected chi connectivity index (χ0v) is 25.4. The molecule has 1 aliphatic heterocycles. The average molecular weight is 666 g/mol. The molecule has 0 spiro atoms. The van der Waals surface area contributed by atoms with Gasteiger partial charge in [0.05, 0.1) is 30.2 Å². The summed E-state index contributed by atoms with van der Waals surface area (Å²) in [5.41, 5.74) is 2.51. The lowest BCUT2D eigenvalue weighted by molar-refractivity contribution is -0.742. The predicted octanol–water partition coefficient (Wildman–Crippen LogP) is 5.12. The smallest absolute Gasteiger partial charge is 0.291 e. The third kappa shape index (κ3) is 11.0. The van der Waals surface area contributed by atoms with Crippen LogP contribution in [0.2, 0.25) is 10.0 Å². The first-order chi connectivity index (χ1) is 21.4. The van der Waals surface area contributed by atoms with Crippen LogP contribution in [0.3, 0.4) is 0 Å². The normalized spacial score (nSPS) is 17.0. The minimum absolute atomic E-state index is 0.252. The van der Waals surface area contributed by atoms with E-state index in [0.29, 0.717) is 41.3 Å². The summed E-state index contributed by atoms with van der Waals surface area (Å²) >= 11 is 12.7. The molecule has 5 rings (SSSR count). The van der Waals surface area contributed by atoms with Crippen molar-refractivity contribution in [2.75, 3.05) is 18.5 Å². The lowest BCUT2D eigenvalue weighted by Crippen LogP contribution is -2.34. The number of imidazole rings is 1. The number of hydrogen-bond acceptors (Lipinski definition) is 11. The lowest BCUT2D eigenvalue weighted by atomic mass is 10.1. The molecule has 4 aromatic rings. The van der Waals surface area contributed by atoms with Crippen LogP contribution in [0.5, 0.6) is 5.75 Å². The predicted molar refractivity (Wildman–Crippen MR) is 160 cm³/mol. The molecule has 0 saturated carbocycles. The molecule has 240 valence electrons. The number of anilines is 1. The van der Waals surface area contributed by atoms with Crippen molar-refractivity contribution >= 4 is 29.2 Å². The van der Waals surface area contributed by atoms with E-state index < -0.39 is 16.0 Å². The Morgan fingerprint density at radius 3 is 2.40 bits per heavy atom. The fourth-order valence-electron chi connectivity index (χ4n) is 4.13. The highest BCUT2D eigenvalue weighted by molar-refractivity contribution is 6.35. The Bertz CT molecular complexity index is 1530. The highest BCUT2D eigenvalue weighted by Gasteiger charge is 2.45. The second-order valence-electron chi connectivity index (χ2n) is 9.54. The molecule has 45 heavy (non-hydrogen) atoms. The van der Waals surface area contributed by atoms with Crippen LogP contribution in [0.1, 0.15) is 19.4 Å². The monoisotopic (exact) mass is 665 g/mol. The van der Waals surface area contributed by atoms with Gasteiger partial charge in [0.2, 0.25) is 11.7 Å². The summed E-state index contributed by atoms with van der Waals surface area (Å²) in [6.45, 7) is 5.14. The van der Waals surface area contributed by atoms with Gasteiger partial charge in [-0.2, -0.15) is 0 Å². The number of halogens is 2. The number of ether oxygens (including phenoxy) is 3. The number of rotatable bonds is 9. The number of aromatic nitrogens is 4. The van der Waals surface area contributed by atoms with Crippen LogP contribution in [0.4, 0.5) is 5.95 Å². The Morgan fingerprint density at radius 1 is 1.11 bits per heavy atom. The van der Waals surface area contributed by atoms with E-state index in [0.717, 1.165) is 17.0 Å². The van der Waals surface area contributed by atoms with Crippen molar-refractivity contribution in [2.45, 2.75) is 38.3 Å². The standard InChI is InChI=1S/C27H27Cl2N5O3.2HNO3/c1-18(2)32-26-31-10-9-25(33-26)19-3-6-21(7-4-19)35-14-22-15-36-27(37-22,16-34-12-11-30-17-34)23-8-5-20(28)13-24(23)29;2*2-1(3)4/h3-13,17-18,22H,14-16H2,1-2H3,(H,31,32,33);2*(H,2,3,4). The Hall–Kier alpha value is -4.77. The quantitative estimate of drug-likeness (QED) is 0.157. The van der Waals surface area contributed by atoms with Crippen molar-refractivity contribution in [3.8, 4) is 17.0 Å². The van der Waals surface area contributed by atoms with Crippen molar-refractivity contribution in [1.29, 1.82) is 0 Å². The molecule has 1 fully saturated rings. The van der Waals surface area contributed by atoms with E-state index in [4.69, 9.17) is 68.1 Å². The maximum Gasteiger partial charge on any atom is 0.291 e. The first kappa shape index (κ1) is 34.7. The van der Waals surface area contributed by atoms with Crippen molar-refractivity contribution in [3.63, 3.8) is 0 Å². The van der Waals surface area contributed by atoms with Gasteiger partial charge >= 0.3 is 0 Å². The molecule has 16 nitrogen and oxygen atoms in total. The molecule has 1 saturated heterocycles. The molecular weight excluding hydrogens is 637 g/mol. The summed E-state index contributed by atoms with van der Waals surface area (Å²) in [5, 5.41) is 31.5. The molecule has 0 amide bonds. The molecule has 1 aliphatic rings. The number of hydrogen-bond donors (Lipinski definition) is 3. The van der Waals surface area contributed by atoms with Crippen molar-refractivity contribution < 1.29 is 34.8 Å².